The normalized spacial score (nSPS) is 10.4. The first-order valence-corrected chi connectivity index (χ1v) is 7.31. The second kappa shape index (κ2) is 8.01. The van der Waals surface area contributed by atoms with Gasteiger partial charge < -0.3 is 10.1 Å². The van der Waals surface area contributed by atoms with E-state index in [1.54, 1.807) is 12.1 Å². The summed E-state index contributed by atoms with van der Waals surface area (Å²) in [6.07, 6.45) is -0.00914. The molecule has 1 rings (SSSR count). The van der Waals surface area contributed by atoms with Gasteiger partial charge in [-0.2, -0.15) is 0 Å². The highest BCUT2D eigenvalue weighted by molar-refractivity contribution is 7.18. The van der Waals surface area contributed by atoms with Crippen LogP contribution in [0.1, 0.15) is 36.4 Å². The molecule has 0 unspecified atom stereocenters. The lowest BCUT2D eigenvalue weighted by Crippen LogP contribution is -2.34. The van der Waals surface area contributed by atoms with E-state index < -0.39 is 5.97 Å². The van der Waals surface area contributed by atoms with Crippen molar-refractivity contribution in [3.63, 3.8) is 0 Å². The van der Waals surface area contributed by atoms with Gasteiger partial charge in [0.2, 0.25) is 0 Å². The van der Waals surface area contributed by atoms with Crippen LogP contribution in [0.25, 0.3) is 0 Å². The SMILES string of the molecule is CC(C)NC(=O)COC(=O)CCC(=O)c1ccc(Cl)s1. The Labute approximate surface area is 126 Å². The Bertz CT molecular complexity index is 498. The summed E-state index contributed by atoms with van der Waals surface area (Å²) in [5.41, 5.74) is 0. The molecule has 0 saturated heterocycles. The van der Waals surface area contributed by atoms with Crippen LogP contribution in [0, 0.1) is 0 Å². The molecule has 0 radical (unpaired) electrons. The molecule has 5 nitrogen and oxygen atoms in total. The molecule has 0 aromatic carbocycles. The van der Waals surface area contributed by atoms with Crippen molar-refractivity contribution in [2.75, 3.05) is 6.61 Å². The molecule has 110 valence electrons. The molecule has 0 saturated carbocycles. The van der Waals surface area contributed by atoms with Crippen LogP contribution < -0.4 is 5.32 Å². The van der Waals surface area contributed by atoms with Crippen LogP contribution in [-0.2, 0) is 14.3 Å². The fourth-order valence-corrected chi connectivity index (χ4v) is 2.40. The minimum atomic E-state index is -0.570. The van der Waals surface area contributed by atoms with E-state index in [9.17, 15) is 14.4 Å². The number of hydrogen-bond donors (Lipinski definition) is 1. The predicted molar refractivity (Wildman–Crippen MR) is 77.1 cm³/mol. The van der Waals surface area contributed by atoms with Crippen molar-refractivity contribution < 1.29 is 19.1 Å². The maximum atomic E-state index is 11.7. The van der Waals surface area contributed by atoms with Crippen LogP contribution in [-0.4, -0.2) is 30.3 Å². The summed E-state index contributed by atoms with van der Waals surface area (Å²) in [7, 11) is 0. The van der Waals surface area contributed by atoms with Crippen LogP contribution in [0.5, 0.6) is 0 Å². The van der Waals surface area contributed by atoms with Crippen molar-refractivity contribution in [3.05, 3.63) is 21.3 Å². The van der Waals surface area contributed by atoms with E-state index in [1.165, 1.54) is 11.3 Å². The third-order valence-electron chi connectivity index (χ3n) is 2.22. The van der Waals surface area contributed by atoms with Gasteiger partial charge >= 0.3 is 5.97 Å². The topological polar surface area (TPSA) is 72.5 Å². The van der Waals surface area contributed by atoms with Gasteiger partial charge in [0.05, 0.1) is 15.6 Å². The zero-order chi connectivity index (χ0) is 15.1. The van der Waals surface area contributed by atoms with E-state index in [1.807, 2.05) is 13.8 Å². The average Bonchev–Trinajstić information content (AvgIpc) is 2.79. The molecule has 0 atom stereocenters. The maximum absolute atomic E-state index is 11.7. The van der Waals surface area contributed by atoms with E-state index in [0.717, 1.165) is 0 Å². The van der Waals surface area contributed by atoms with Crippen molar-refractivity contribution in [3.8, 4) is 0 Å². The van der Waals surface area contributed by atoms with Gasteiger partial charge in [-0.15, -0.1) is 11.3 Å². The Morgan fingerprint density at radius 1 is 1.30 bits per heavy atom. The number of halogens is 1. The highest BCUT2D eigenvalue weighted by Gasteiger charge is 2.13. The number of ketones is 1. The van der Waals surface area contributed by atoms with Gasteiger partial charge in [-0.3, -0.25) is 14.4 Å². The van der Waals surface area contributed by atoms with Gasteiger partial charge in [0.15, 0.2) is 12.4 Å². The number of hydrogen-bond acceptors (Lipinski definition) is 5. The number of carbonyl (C=O) groups excluding carboxylic acids is 3. The number of rotatable bonds is 7. The molecule has 0 aliphatic carbocycles. The summed E-state index contributed by atoms with van der Waals surface area (Å²) in [6.45, 7) is 3.30. The first kappa shape index (κ1) is 16.7. The number of Topliss-reactive ketones (excluding diaryl/α,β-unsaturated/α-hetero) is 1. The predicted octanol–water partition coefficient (Wildman–Crippen LogP) is 2.43. The monoisotopic (exact) mass is 317 g/mol. The smallest absolute Gasteiger partial charge is 0.306 e. The second-order valence-electron chi connectivity index (χ2n) is 4.41. The molecule has 1 aromatic heterocycles. The van der Waals surface area contributed by atoms with E-state index in [-0.39, 0.29) is 37.2 Å². The highest BCUT2D eigenvalue weighted by atomic mass is 35.5. The van der Waals surface area contributed by atoms with Crippen LogP contribution in [0.3, 0.4) is 0 Å². The summed E-state index contributed by atoms with van der Waals surface area (Å²) >= 11 is 6.90. The highest BCUT2D eigenvalue weighted by Crippen LogP contribution is 2.22. The summed E-state index contributed by atoms with van der Waals surface area (Å²) in [6, 6.07) is 3.25. The van der Waals surface area contributed by atoms with Gasteiger partial charge in [0.25, 0.3) is 5.91 Å². The van der Waals surface area contributed by atoms with Crippen molar-refractivity contribution in [2.24, 2.45) is 0 Å². The molecular weight excluding hydrogens is 302 g/mol. The molecule has 0 aliphatic rings. The van der Waals surface area contributed by atoms with Crippen molar-refractivity contribution >= 4 is 40.6 Å². The van der Waals surface area contributed by atoms with Gasteiger partial charge in [0, 0.05) is 12.5 Å². The lowest BCUT2D eigenvalue weighted by Gasteiger charge is -2.08. The summed E-state index contributed by atoms with van der Waals surface area (Å²) in [5.74, 6) is -1.09. The molecule has 7 heteroatoms. The Hall–Kier alpha value is -1.40. The number of amides is 1. The van der Waals surface area contributed by atoms with Gasteiger partial charge in [-0.25, -0.2) is 0 Å². The summed E-state index contributed by atoms with van der Waals surface area (Å²) < 4.78 is 5.30. The Kier molecular flexibility index (Phi) is 6.67. The number of nitrogens with one attached hydrogen (secondary N) is 1. The number of ether oxygens (including phenoxy) is 1. The third-order valence-corrected chi connectivity index (χ3v) is 3.49. The Balaban J connectivity index is 2.26. The standard InChI is InChI=1S/C13H16ClNO4S/c1-8(2)15-12(17)7-19-13(18)6-3-9(16)10-4-5-11(14)20-10/h4-5,8H,3,6-7H2,1-2H3,(H,15,17). The molecular formula is C13H16ClNO4S. The molecule has 0 aliphatic heterocycles. The van der Waals surface area contributed by atoms with Crippen LogP contribution >= 0.6 is 22.9 Å². The average molecular weight is 318 g/mol. The lowest BCUT2D eigenvalue weighted by molar-refractivity contribution is -0.148. The van der Waals surface area contributed by atoms with Crippen molar-refractivity contribution in [1.82, 2.24) is 5.32 Å². The fraction of sp³-hybridized carbons (Fsp3) is 0.462. The second-order valence-corrected chi connectivity index (χ2v) is 6.12. The van der Waals surface area contributed by atoms with Crippen molar-refractivity contribution in [1.29, 1.82) is 0 Å². The van der Waals surface area contributed by atoms with E-state index >= 15 is 0 Å². The maximum Gasteiger partial charge on any atom is 0.306 e. The zero-order valence-corrected chi connectivity index (χ0v) is 12.8. The minimum Gasteiger partial charge on any atom is -0.456 e. The van der Waals surface area contributed by atoms with Crippen molar-refractivity contribution in [2.45, 2.75) is 32.7 Å². The Morgan fingerprint density at radius 2 is 2.00 bits per heavy atom. The van der Waals surface area contributed by atoms with E-state index in [2.05, 4.69) is 5.32 Å². The van der Waals surface area contributed by atoms with Crippen LogP contribution in [0.2, 0.25) is 4.34 Å². The largest absolute Gasteiger partial charge is 0.456 e. The molecule has 20 heavy (non-hydrogen) atoms. The van der Waals surface area contributed by atoms with E-state index in [4.69, 9.17) is 16.3 Å². The zero-order valence-electron chi connectivity index (χ0n) is 11.3. The molecule has 0 spiro atoms. The van der Waals surface area contributed by atoms with E-state index in [0.29, 0.717) is 9.21 Å². The molecule has 1 amide bonds. The lowest BCUT2D eigenvalue weighted by atomic mass is 10.2. The third kappa shape index (κ3) is 6.16. The summed E-state index contributed by atoms with van der Waals surface area (Å²) in [4.78, 5) is 34.9. The Morgan fingerprint density at radius 3 is 2.55 bits per heavy atom. The van der Waals surface area contributed by atoms with Gasteiger partial charge in [0.1, 0.15) is 0 Å². The fourth-order valence-electron chi connectivity index (χ4n) is 1.38. The molecule has 0 fully saturated rings. The van der Waals surface area contributed by atoms with Crippen LogP contribution in [0.15, 0.2) is 12.1 Å². The van der Waals surface area contributed by atoms with Gasteiger partial charge in [-0.1, -0.05) is 11.6 Å². The summed E-state index contributed by atoms with van der Waals surface area (Å²) in [5, 5.41) is 2.60. The number of carbonyl (C=O) groups is 3. The number of thiophene rings is 1. The quantitative estimate of drug-likeness (QED) is 0.619. The first-order valence-electron chi connectivity index (χ1n) is 6.12. The molecule has 0 bridgehead atoms. The van der Waals surface area contributed by atoms with Gasteiger partial charge in [-0.05, 0) is 26.0 Å². The number of esters is 1. The first-order chi connectivity index (χ1) is 9.38. The van der Waals surface area contributed by atoms with Crippen LogP contribution in [0.4, 0.5) is 0 Å². The molecule has 1 aromatic rings. The molecule has 1 N–H and O–H groups in total. The molecule has 1 heterocycles. The minimum absolute atomic E-state index is 0.00800.